The first-order valence-electron chi connectivity index (χ1n) is 7.57. The molecular weight excluding hydrogens is 296 g/mol. The Hall–Kier alpha value is -1.91. The zero-order chi connectivity index (χ0) is 15.1. The minimum absolute atomic E-state index is 0.544. The fourth-order valence-electron chi connectivity index (χ4n) is 2.73. The van der Waals surface area contributed by atoms with Crippen molar-refractivity contribution >= 4 is 22.6 Å². The van der Waals surface area contributed by atoms with Gasteiger partial charge in [0.25, 0.3) is 0 Å². The van der Waals surface area contributed by atoms with E-state index < -0.39 is 0 Å². The second-order valence-corrected chi connectivity index (χ2v) is 6.29. The normalized spacial score (nSPS) is 14.6. The third kappa shape index (κ3) is 2.38. The second kappa shape index (κ2) is 5.38. The van der Waals surface area contributed by atoms with Gasteiger partial charge in [0.15, 0.2) is 0 Å². The molecule has 0 atom stereocenters. The third-order valence-corrected chi connectivity index (χ3v) is 4.64. The maximum absolute atomic E-state index is 6.57. The lowest BCUT2D eigenvalue weighted by molar-refractivity contribution is 0.559. The molecule has 1 fully saturated rings. The zero-order valence-corrected chi connectivity index (χ0v) is 12.9. The standard InChI is InChI=1S/C17H17ClN4/c18-16-14(13-5-3-11(9-19)4-6-13)7-8-15-17(16)20-21-22(15)10-12-1-2-12/h3-8,12H,1-2,9-10,19H2. The summed E-state index contributed by atoms with van der Waals surface area (Å²) in [5.74, 6) is 0.757. The van der Waals surface area contributed by atoms with E-state index in [1.165, 1.54) is 12.8 Å². The van der Waals surface area contributed by atoms with E-state index in [0.29, 0.717) is 11.6 Å². The van der Waals surface area contributed by atoms with E-state index in [1.807, 2.05) is 28.9 Å². The van der Waals surface area contributed by atoms with E-state index >= 15 is 0 Å². The largest absolute Gasteiger partial charge is 0.326 e. The molecule has 0 radical (unpaired) electrons. The Morgan fingerprint density at radius 1 is 1.14 bits per heavy atom. The molecule has 0 aliphatic heterocycles. The Labute approximate surface area is 133 Å². The highest BCUT2D eigenvalue weighted by Gasteiger charge is 2.23. The fourth-order valence-corrected chi connectivity index (χ4v) is 3.03. The minimum Gasteiger partial charge on any atom is -0.326 e. The van der Waals surface area contributed by atoms with Gasteiger partial charge in [0.05, 0.1) is 10.5 Å². The molecule has 0 spiro atoms. The van der Waals surface area contributed by atoms with Crippen LogP contribution in [0.25, 0.3) is 22.2 Å². The number of benzene rings is 2. The summed E-state index contributed by atoms with van der Waals surface area (Å²) in [6.45, 7) is 1.49. The first-order valence-corrected chi connectivity index (χ1v) is 7.95. The molecule has 1 heterocycles. The van der Waals surface area contributed by atoms with E-state index in [1.54, 1.807) is 0 Å². The topological polar surface area (TPSA) is 56.7 Å². The van der Waals surface area contributed by atoms with Crippen LogP contribution in [0.2, 0.25) is 5.02 Å². The van der Waals surface area contributed by atoms with Gasteiger partial charge >= 0.3 is 0 Å². The molecule has 0 saturated heterocycles. The molecule has 1 saturated carbocycles. The number of hydrogen-bond donors (Lipinski definition) is 1. The molecule has 0 bridgehead atoms. The summed E-state index contributed by atoms with van der Waals surface area (Å²) in [5, 5.41) is 9.21. The summed E-state index contributed by atoms with van der Waals surface area (Å²) in [4.78, 5) is 0. The summed E-state index contributed by atoms with van der Waals surface area (Å²) >= 11 is 6.57. The molecule has 112 valence electrons. The van der Waals surface area contributed by atoms with E-state index in [4.69, 9.17) is 17.3 Å². The van der Waals surface area contributed by atoms with Crippen molar-refractivity contribution in [2.75, 3.05) is 0 Å². The Morgan fingerprint density at radius 3 is 2.59 bits per heavy atom. The van der Waals surface area contributed by atoms with Crippen LogP contribution >= 0.6 is 11.6 Å². The van der Waals surface area contributed by atoms with Gasteiger partial charge in [-0.05, 0) is 36.0 Å². The second-order valence-electron chi connectivity index (χ2n) is 5.91. The zero-order valence-electron chi connectivity index (χ0n) is 12.2. The van der Waals surface area contributed by atoms with Crippen LogP contribution in [0, 0.1) is 5.92 Å². The first kappa shape index (κ1) is 13.7. The van der Waals surface area contributed by atoms with Crippen molar-refractivity contribution in [2.24, 2.45) is 11.7 Å². The molecule has 5 heteroatoms. The minimum atomic E-state index is 0.544. The van der Waals surface area contributed by atoms with Crippen molar-refractivity contribution in [2.45, 2.75) is 25.9 Å². The maximum Gasteiger partial charge on any atom is 0.132 e. The van der Waals surface area contributed by atoms with Crippen LogP contribution in [-0.2, 0) is 13.1 Å². The molecule has 1 aliphatic carbocycles. The van der Waals surface area contributed by atoms with Gasteiger partial charge in [0.2, 0.25) is 0 Å². The summed E-state index contributed by atoms with van der Waals surface area (Å²) in [6, 6.07) is 12.3. The van der Waals surface area contributed by atoms with Gasteiger partial charge in [-0.15, -0.1) is 5.10 Å². The summed E-state index contributed by atoms with van der Waals surface area (Å²) < 4.78 is 1.97. The Balaban J connectivity index is 1.76. The molecule has 4 rings (SSSR count). The Bertz CT molecular complexity index is 819. The lowest BCUT2D eigenvalue weighted by Gasteiger charge is -2.07. The summed E-state index contributed by atoms with van der Waals surface area (Å²) in [6.07, 6.45) is 2.58. The van der Waals surface area contributed by atoms with Crippen LogP contribution in [0.15, 0.2) is 36.4 Å². The lowest BCUT2D eigenvalue weighted by atomic mass is 10.0. The van der Waals surface area contributed by atoms with Crippen LogP contribution < -0.4 is 5.73 Å². The van der Waals surface area contributed by atoms with E-state index in [2.05, 4.69) is 22.4 Å². The number of nitrogens with two attached hydrogens (primary N) is 1. The van der Waals surface area contributed by atoms with Crippen molar-refractivity contribution in [1.29, 1.82) is 0 Å². The predicted octanol–water partition coefficient (Wildman–Crippen LogP) is 3.62. The third-order valence-electron chi connectivity index (χ3n) is 4.25. The molecular formula is C17H17ClN4. The smallest absolute Gasteiger partial charge is 0.132 e. The summed E-state index contributed by atoms with van der Waals surface area (Å²) in [5.41, 5.74) is 10.6. The average Bonchev–Trinajstić information content (AvgIpc) is 3.27. The van der Waals surface area contributed by atoms with Crippen LogP contribution in [0.3, 0.4) is 0 Å². The molecule has 22 heavy (non-hydrogen) atoms. The molecule has 2 N–H and O–H groups in total. The van der Waals surface area contributed by atoms with E-state index in [-0.39, 0.29) is 0 Å². The van der Waals surface area contributed by atoms with Gasteiger partial charge in [0, 0.05) is 18.7 Å². The van der Waals surface area contributed by atoms with Gasteiger partial charge in [0.1, 0.15) is 5.52 Å². The van der Waals surface area contributed by atoms with E-state index in [0.717, 1.165) is 40.2 Å². The molecule has 4 nitrogen and oxygen atoms in total. The number of halogens is 1. The van der Waals surface area contributed by atoms with E-state index in [9.17, 15) is 0 Å². The predicted molar refractivity (Wildman–Crippen MR) is 88.6 cm³/mol. The molecule has 0 amide bonds. The highest BCUT2D eigenvalue weighted by molar-refractivity contribution is 6.37. The Kier molecular flexibility index (Phi) is 3.36. The van der Waals surface area contributed by atoms with Crippen molar-refractivity contribution in [1.82, 2.24) is 15.0 Å². The average molecular weight is 313 g/mol. The maximum atomic E-state index is 6.57. The highest BCUT2D eigenvalue weighted by Crippen LogP contribution is 2.35. The van der Waals surface area contributed by atoms with Crippen LogP contribution in [0.4, 0.5) is 0 Å². The number of nitrogens with zero attached hydrogens (tertiary/aromatic N) is 3. The van der Waals surface area contributed by atoms with Crippen LogP contribution in [0.1, 0.15) is 18.4 Å². The van der Waals surface area contributed by atoms with Gasteiger partial charge in [-0.2, -0.15) is 0 Å². The molecule has 0 unspecified atom stereocenters. The number of rotatable bonds is 4. The van der Waals surface area contributed by atoms with Gasteiger partial charge in [-0.1, -0.05) is 47.1 Å². The summed E-state index contributed by atoms with van der Waals surface area (Å²) in [7, 11) is 0. The molecule has 1 aromatic heterocycles. The number of fused-ring (bicyclic) bond motifs is 1. The molecule has 2 aromatic carbocycles. The van der Waals surface area contributed by atoms with Gasteiger partial charge < -0.3 is 5.73 Å². The number of hydrogen-bond acceptors (Lipinski definition) is 3. The number of aromatic nitrogens is 3. The van der Waals surface area contributed by atoms with Crippen LogP contribution in [0.5, 0.6) is 0 Å². The molecule has 1 aliphatic rings. The lowest BCUT2D eigenvalue weighted by Crippen LogP contribution is -2.01. The van der Waals surface area contributed by atoms with Crippen molar-refractivity contribution in [3.63, 3.8) is 0 Å². The SMILES string of the molecule is NCc1ccc(-c2ccc3c(nnn3CC3CC3)c2Cl)cc1. The quantitative estimate of drug-likeness (QED) is 0.800. The van der Waals surface area contributed by atoms with Gasteiger partial charge in [-0.3, -0.25) is 0 Å². The fraction of sp³-hybridized carbons (Fsp3) is 0.294. The van der Waals surface area contributed by atoms with Crippen molar-refractivity contribution in [3.8, 4) is 11.1 Å². The highest BCUT2D eigenvalue weighted by atomic mass is 35.5. The van der Waals surface area contributed by atoms with Crippen molar-refractivity contribution < 1.29 is 0 Å². The van der Waals surface area contributed by atoms with Crippen LogP contribution in [-0.4, -0.2) is 15.0 Å². The van der Waals surface area contributed by atoms with Gasteiger partial charge in [-0.25, -0.2) is 4.68 Å². The first-order chi connectivity index (χ1) is 10.8. The molecule has 3 aromatic rings. The monoisotopic (exact) mass is 312 g/mol. The van der Waals surface area contributed by atoms with Crippen molar-refractivity contribution in [3.05, 3.63) is 47.0 Å². The Morgan fingerprint density at radius 2 is 1.91 bits per heavy atom.